The van der Waals surface area contributed by atoms with Crippen LogP contribution in [0.5, 0.6) is 0 Å². The molecule has 0 bridgehead atoms. The van der Waals surface area contributed by atoms with Crippen LogP contribution in [0.3, 0.4) is 0 Å². The lowest BCUT2D eigenvalue weighted by atomic mass is 10.0. The number of nitrogens with zero attached hydrogens (tertiary/aromatic N) is 1. The lowest BCUT2D eigenvalue weighted by Gasteiger charge is -2.19. The molecule has 6 heteroatoms. The number of ether oxygens (including phenoxy) is 1. The van der Waals surface area contributed by atoms with Crippen LogP contribution in [0, 0.1) is 0 Å². The van der Waals surface area contributed by atoms with Crippen molar-refractivity contribution in [2.24, 2.45) is 0 Å². The Morgan fingerprint density at radius 3 is 2.76 bits per heavy atom. The van der Waals surface area contributed by atoms with Gasteiger partial charge in [0.1, 0.15) is 11.5 Å². The summed E-state index contributed by atoms with van der Waals surface area (Å²) in [6.45, 7) is 7.11. The van der Waals surface area contributed by atoms with Crippen LogP contribution in [-0.2, 0) is 16.1 Å². The predicted molar refractivity (Wildman–Crippen MR) is 94.4 cm³/mol. The van der Waals surface area contributed by atoms with E-state index in [9.17, 15) is 9.59 Å². The maximum Gasteiger partial charge on any atom is 0.171 e. The summed E-state index contributed by atoms with van der Waals surface area (Å²) in [5, 5.41) is 6.83. The van der Waals surface area contributed by atoms with Gasteiger partial charge in [0.2, 0.25) is 0 Å². The number of nitrogens with one attached hydrogen (secondary N) is 1. The zero-order valence-corrected chi connectivity index (χ0v) is 14.9. The van der Waals surface area contributed by atoms with E-state index in [0.29, 0.717) is 31.6 Å². The number of hydrogen-bond donors (Lipinski definition) is 1. The minimum absolute atomic E-state index is 0.102. The van der Waals surface area contributed by atoms with Crippen LogP contribution in [0.25, 0.3) is 11.3 Å². The maximum absolute atomic E-state index is 11.9. The molecule has 25 heavy (non-hydrogen) atoms. The molecular weight excluding hydrogens is 320 g/mol. The first-order chi connectivity index (χ1) is 11.9. The van der Waals surface area contributed by atoms with E-state index in [0.717, 1.165) is 11.1 Å². The Labute approximate surface area is 147 Å². The molecule has 1 aromatic heterocycles. The zero-order chi connectivity index (χ0) is 18.3. The average Bonchev–Trinajstić information content (AvgIpc) is 3.03. The van der Waals surface area contributed by atoms with Gasteiger partial charge < -0.3 is 14.6 Å². The monoisotopic (exact) mass is 344 g/mol. The van der Waals surface area contributed by atoms with Crippen LogP contribution >= 0.6 is 0 Å². The van der Waals surface area contributed by atoms with Crippen molar-refractivity contribution in [2.45, 2.75) is 39.3 Å². The number of ketones is 1. The molecule has 0 saturated heterocycles. The fourth-order valence-corrected chi connectivity index (χ4v) is 2.28. The summed E-state index contributed by atoms with van der Waals surface area (Å²) >= 11 is 0. The maximum atomic E-state index is 11.9. The Morgan fingerprint density at radius 2 is 2.08 bits per heavy atom. The minimum atomic E-state index is -0.232. The standard InChI is InChI=1S/C19H24N2O4/c1-19(2,3)24-9-8-16(23)12-20-11-14-6-4-5-7-17(14)18-10-15(13-22)21-25-18/h4-7,10,13,20H,8-9,11-12H2,1-3H3. The third-order valence-electron chi connectivity index (χ3n) is 3.49. The largest absolute Gasteiger partial charge is 0.375 e. The highest BCUT2D eigenvalue weighted by Crippen LogP contribution is 2.24. The highest BCUT2D eigenvalue weighted by atomic mass is 16.5. The van der Waals surface area contributed by atoms with Crippen LogP contribution in [0.2, 0.25) is 0 Å². The first kappa shape index (κ1) is 19.0. The molecule has 1 aromatic carbocycles. The number of aromatic nitrogens is 1. The Balaban J connectivity index is 1.87. The zero-order valence-electron chi connectivity index (χ0n) is 14.9. The number of aldehydes is 1. The summed E-state index contributed by atoms with van der Waals surface area (Å²) in [5.41, 5.74) is 1.84. The van der Waals surface area contributed by atoms with E-state index < -0.39 is 0 Å². The van der Waals surface area contributed by atoms with Crippen molar-refractivity contribution in [2.75, 3.05) is 13.2 Å². The van der Waals surface area contributed by atoms with Gasteiger partial charge in [0, 0.05) is 24.6 Å². The number of hydrogen-bond acceptors (Lipinski definition) is 6. The second kappa shape index (κ2) is 8.69. The van der Waals surface area contributed by atoms with Crippen molar-refractivity contribution < 1.29 is 18.8 Å². The fourth-order valence-electron chi connectivity index (χ4n) is 2.28. The second-order valence-electron chi connectivity index (χ2n) is 6.74. The number of carbonyl (C=O) groups is 2. The molecule has 2 aromatic rings. The van der Waals surface area contributed by atoms with Gasteiger partial charge in [0.25, 0.3) is 0 Å². The summed E-state index contributed by atoms with van der Waals surface area (Å²) in [6, 6.07) is 9.23. The molecule has 0 spiro atoms. The lowest BCUT2D eigenvalue weighted by molar-refractivity contribution is -0.120. The molecule has 0 saturated carbocycles. The molecule has 0 aliphatic carbocycles. The summed E-state index contributed by atoms with van der Waals surface area (Å²) in [6.07, 6.45) is 1.03. The molecular formula is C19H24N2O4. The van der Waals surface area contributed by atoms with E-state index in [4.69, 9.17) is 9.26 Å². The number of benzene rings is 1. The number of rotatable bonds is 9. The van der Waals surface area contributed by atoms with E-state index in [2.05, 4.69) is 10.5 Å². The van der Waals surface area contributed by atoms with Gasteiger partial charge in [-0.1, -0.05) is 29.4 Å². The van der Waals surface area contributed by atoms with Gasteiger partial charge in [-0.3, -0.25) is 9.59 Å². The van der Waals surface area contributed by atoms with Crippen LogP contribution in [0.1, 0.15) is 43.2 Å². The van der Waals surface area contributed by atoms with E-state index in [-0.39, 0.29) is 23.6 Å². The molecule has 0 atom stereocenters. The van der Waals surface area contributed by atoms with E-state index in [1.54, 1.807) is 6.07 Å². The average molecular weight is 344 g/mol. The molecule has 0 aliphatic heterocycles. The topological polar surface area (TPSA) is 81.4 Å². The summed E-state index contributed by atoms with van der Waals surface area (Å²) in [7, 11) is 0. The first-order valence-corrected chi connectivity index (χ1v) is 8.25. The Morgan fingerprint density at radius 1 is 1.32 bits per heavy atom. The van der Waals surface area contributed by atoms with E-state index >= 15 is 0 Å². The third-order valence-corrected chi connectivity index (χ3v) is 3.49. The van der Waals surface area contributed by atoms with Crippen molar-refractivity contribution >= 4 is 12.1 Å². The van der Waals surface area contributed by atoms with Crippen LogP contribution in [0.4, 0.5) is 0 Å². The quantitative estimate of drug-likeness (QED) is 0.704. The molecule has 0 amide bonds. The van der Waals surface area contributed by atoms with Crippen LogP contribution in [-0.4, -0.2) is 36.0 Å². The van der Waals surface area contributed by atoms with Gasteiger partial charge in [0.15, 0.2) is 12.0 Å². The third kappa shape index (κ3) is 6.25. The smallest absolute Gasteiger partial charge is 0.171 e. The van der Waals surface area contributed by atoms with Gasteiger partial charge in [-0.05, 0) is 26.3 Å². The van der Waals surface area contributed by atoms with Gasteiger partial charge in [-0.2, -0.15) is 0 Å². The van der Waals surface area contributed by atoms with Gasteiger partial charge in [-0.15, -0.1) is 0 Å². The van der Waals surface area contributed by atoms with Crippen LogP contribution < -0.4 is 5.32 Å². The minimum Gasteiger partial charge on any atom is -0.375 e. The van der Waals surface area contributed by atoms with Crippen molar-refractivity contribution in [3.05, 3.63) is 41.6 Å². The van der Waals surface area contributed by atoms with E-state index in [1.807, 2.05) is 45.0 Å². The second-order valence-corrected chi connectivity index (χ2v) is 6.74. The predicted octanol–water partition coefficient (Wildman–Crippen LogP) is 3.02. The molecule has 1 heterocycles. The molecule has 0 aliphatic rings. The van der Waals surface area contributed by atoms with Gasteiger partial charge in [0.05, 0.1) is 18.8 Å². The molecule has 1 N–H and O–H groups in total. The van der Waals surface area contributed by atoms with Crippen molar-refractivity contribution in [3.8, 4) is 11.3 Å². The molecule has 6 nitrogen and oxygen atoms in total. The van der Waals surface area contributed by atoms with Crippen molar-refractivity contribution in [1.82, 2.24) is 10.5 Å². The molecule has 134 valence electrons. The Bertz CT molecular complexity index is 716. The SMILES string of the molecule is CC(C)(C)OCCC(=O)CNCc1ccccc1-c1cc(C=O)no1. The molecule has 2 rings (SSSR count). The summed E-state index contributed by atoms with van der Waals surface area (Å²) in [5.74, 6) is 0.633. The highest BCUT2D eigenvalue weighted by molar-refractivity contribution is 5.80. The van der Waals surface area contributed by atoms with Crippen molar-refractivity contribution in [3.63, 3.8) is 0 Å². The van der Waals surface area contributed by atoms with Gasteiger partial charge >= 0.3 is 0 Å². The number of Topliss-reactive ketones (excluding diaryl/α,β-unsaturated/α-hetero) is 1. The number of carbonyl (C=O) groups excluding carboxylic acids is 2. The highest BCUT2D eigenvalue weighted by Gasteiger charge is 2.12. The molecule has 0 fully saturated rings. The Hall–Kier alpha value is -2.31. The first-order valence-electron chi connectivity index (χ1n) is 8.25. The molecule has 0 radical (unpaired) electrons. The normalized spacial score (nSPS) is 11.5. The Kier molecular flexibility index (Phi) is 6.61. The lowest BCUT2D eigenvalue weighted by Crippen LogP contribution is -2.26. The van der Waals surface area contributed by atoms with Gasteiger partial charge in [-0.25, -0.2) is 0 Å². The summed E-state index contributed by atoms with van der Waals surface area (Å²) in [4.78, 5) is 22.7. The molecule has 0 unspecified atom stereocenters. The van der Waals surface area contributed by atoms with Crippen molar-refractivity contribution in [1.29, 1.82) is 0 Å². The fraction of sp³-hybridized carbons (Fsp3) is 0.421. The van der Waals surface area contributed by atoms with E-state index in [1.165, 1.54) is 0 Å². The summed E-state index contributed by atoms with van der Waals surface area (Å²) < 4.78 is 10.8. The van der Waals surface area contributed by atoms with Crippen LogP contribution in [0.15, 0.2) is 34.9 Å².